The Labute approximate surface area is 172 Å². The van der Waals surface area contributed by atoms with Crippen molar-refractivity contribution in [2.45, 2.75) is 83.7 Å². The highest BCUT2D eigenvalue weighted by Crippen LogP contribution is 2.59. The summed E-state index contributed by atoms with van der Waals surface area (Å²) in [6, 6.07) is -1.47. The Morgan fingerprint density at radius 3 is 2.59 bits per heavy atom. The van der Waals surface area contributed by atoms with Crippen molar-refractivity contribution in [2.75, 3.05) is 13.2 Å². The van der Waals surface area contributed by atoms with E-state index in [-0.39, 0.29) is 37.0 Å². The fourth-order valence-electron chi connectivity index (χ4n) is 5.47. The number of carbonyl (C=O) groups excluding carboxylic acids is 3. The van der Waals surface area contributed by atoms with Crippen LogP contribution in [-0.2, 0) is 23.9 Å². The molecule has 0 aromatic rings. The van der Waals surface area contributed by atoms with E-state index in [1.165, 1.54) is 4.90 Å². The maximum atomic E-state index is 13.6. The molecule has 0 saturated carbocycles. The fraction of sp³-hybridized carbons (Fsp3) is 0.857. The third-order valence-corrected chi connectivity index (χ3v) is 6.32. The van der Waals surface area contributed by atoms with Crippen LogP contribution in [0.15, 0.2) is 0 Å². The molecule has 0 aromatic carbocycles. The Hall–Kier alpha value is -1.67. The van der Waals surface area contributed by atoms with Crippen molar-refractivity contribution in [1.29, 1.82) is 0 Å². The molecule has 3 heterocycles. The van der Waals surface area contributed by atoms with E-state index in [2.05, 4.69) is 5.32 Å². The molecular weight excluding hydrogens is 376 g/mol. The average molecular weight is 411 g/mol. The van der Waals surface area contributed by atoms with Gasteiger partial charge in [-0.1, -0.05) is 13.8 Å². The minimum atomic E-state index is -1.04. The summed E-state index contributed by atoms with van der Waals surface area (Å²) in [6.45, 7) is 9.45. The number of carbonyl (C=O) groups is 3. The van der Waals surface area contributed by atoms with Crippen molar-refractivity contribution in [2.24, 2.45) is 17.8 Å². The Bertz CT molecular complexity index is 666. The van der Waals surface area contributed by atoms with Crippen LogP contribution in [0.2, 0.25) is 0 Å². The number of aliphatic hydroxyl groups is 1. The topological polar surface area (TPSA) is 105 Å². The molecule has 3 rings (SSSR count). The predicted molar refractivity (Wildman–Crippen MR) is 105 cm³/mol. The van der Waals surface area contributed by atoms with Crippen molar-refractivity contribution < 1.29 is 29.0 Å². The molecule has 2 amide bonds. The molecule has 1 spiro atoms. The maximum absolute atomic E-state index is 13.6. The molecule has 2 N–H and O–H groups in total. The minimum Gasteiger partial charge on any atom is -0.466 e. The molecule has 0 unspecified atom stereocenters. The highest BCUT2D eigenvalue weighted by molar-refractivity contribution is 5.98. The summed E-state index contributed by atoms with van der Waals surface area (Å²) in [6.07, 6.45) is 1.30. The van der Waals surface area contributed by atoms with Gasteiger partial charge in [-0.15, -0.1) is 0 Å². The first-order valence-electron chi connectivity index (χ1n) is 10.8. The molecule has 6 atom stereocenters. The van der Waals surface area contributed by atoms with Gasteiger partial charge in [-0.2, -0.15) is 0 Å². The smallest absolute Gasteiger partial charge is 0.312 e. The summed E-state index contributed by atoms with van der Waals surface area (Å²) < 4.78 is 11.5. The zero-order valence-electron chi connectivity index (χ0n) is 18.0. The zero-order chi connectivity index (χ0) is 21.5. The van der Waals surface area contributed by atoms with E-state index < -0.39 is 41.6 Å². The second-order valence-electron chi connectivity index (χ2n) is 9.18. The SMILES string of the molecule is CCOC(=O)[C@@H]1[C@@H]2CC[C@]3(O2)[C@H](C(=O)NC(C)C)N([C@@H](CO)CC(C)C)C(=O)[C@@H]13. The van der Waals surface area contributed by atoms with Crippen LogP contribution in [0.3, 0.4) is 0 Å². The number of aliphatic hydroxyl groups excluding tert-OH is 1. The Balaban J connectivity index is 2.04. The van der Waals surface area contributed by atoms with Gasteiger partial charge in [0.15, 0.2) is 0 Å². The molecule has 8 nitrogen and oxygen atoms in total. The van der Waals surface area contributed by atoms with Crippen LogP contribution >= 0.6 is 0 Å². The maximum Gasteiger partial charge on any atom is 0.312 e. The Morgan fingerprint density at radius 1 is 1.34 bits per heavy atom. The van der Waals surface area contributed by atoms with Crippen LogP contribution in [0.1, 0.15) is 53.9 Å². The van der Waals surface area contributed by atoms with Crippen LogP contribution in [0, 0.1) is 17.8 Å². The predicted octanol–water partition coefficient (Wildman–Crippen LogP) is 0.856. The first kappa shape index (κ1) is 22.0. The van der Waals surface area contributed by atoms with Gasteiger partial charge in [-0.05, 0) is 46.0 Å². The number of rotatable bonds is 8. The third kappa shape index (κ3) is 3.54. The number of ether oxygens (including phenoxy) is 2. The number of esters is 1. The highest BCUT2D eigenvalue weighted by Gasteiger charge is 2.75. The molecular formula is C21H34N2O6. The van der Waals surface area contributed by atoms with Gasteiger partial charge in [0, 0.05) is 6.04 Å². The highest BCUT2D eigenvalue weighted by atomic mass is 16.6. The number of amides is 2. The number of hydrogen-bond acceptors (Lipinski definition) is 6. The van der Waals surface area contributed by atoms with Gasteiger partial charge >= 0.3 is 5.97 Å². The first-order chi connectivity index (χ1) is 13.7. The minimum absolute atomic E-state index is 0.105. The summed E-state index contributed by atoms with van der Waals surface area (Å²) in [4.78, 5) is 41.1. The molecule has 3 saturated heterocycles. The summed E-state index contributed by atoms with van der Waals surface area (Å²) >= 11 is 0. The lowest BCUT2D eigenvalue weighted by Crippen LogP contribution is -2.59. The van der Waals surface area contributed by atoms with Crippen LogP contribution in [0.4, 0.5) is 0 Å². The van der Waals surface area contributed by atoms with Gasteiger partial charge in [0.1, 0.15) is 11.6 Å². The second-order valence-corrected chi connectivity index (χ2v) is 9.18. The van der Waals surface area contributed by atoms with E-state index in [1.807, 2.05) is 27.7 Å². The van der Waals surface area contributed by atoms with Gasteiger partial charge in [0.2, 0.25) is 11.8 Å². The van der Waals surface area contributed by atoms with E-state index in [9.17, 15) is 19.5 Å². The standard InChI is InChI=1S/C21H34N2O6/c1-6-28-20(27)15-14-7-8-21(29-14)16(15)19(26)23(13(10-24)9-11(2)3)17(21)18(25)22-12(4)5/h11-17,24H,6-10H2,1-5H3,(H,22,25)/t13-,14+,15-,16-,17+,21-/m1/s1. The number of likely N-dealkylation sites (tertiary alicyclic amines) is 1. The number of fused-ring (bicyclic) bond motifs is 1. The van der Waals surface area contributed by atoms with Crippen molar-refractivity contribution in [3.8, 4) is 0 Å². The molecule has 29 heavy (non-hydrogen) atoms. The van der Waals surface area contributed by atoms with Crippen LogP contribution in [0.5, 0.6) is 0 Å². The lowest BCUT2D eigenvalue weighted by atomic mass is 9.70. The Morgan fingerprint density at radius 2 is 2.03 bits per heavy atom. The summed E-state index contributed by atoms with van der Waals surface area (Å²) in [7, 11) is 0. The normalized spacial score (nSPS) is 34.1. The third-order valence-electron chi connectivity index (χ3n) is 6.32. The van der Waals surface area contributed by atoms with Crippen LogP contribution in [0.25, 0.3) is 0 Å². The van der Waals surface area contributed by atoms with E-state index in [4.69, 9.17) is 9.47 Å². The molecule has 3 aliphatic heterocycles. The zero-order valence-corrected chi connectivity index (χ0v) is 18.0. The molecule has 2 bridgehead atoms. The Kier molecular flexibility index (Phi) is 6.24. The van der Waals surface area contributed by atoms with Crippen molar-refractivity contribution in [3.63, 3.8) is 0 Å². The number of hydrogen-bond donors (Lipinski definition) is 2. The largest absolute Gasteiger partial charge is 0.466 e. The average Bonchev–Trinajstić information content (AvgIpc) is 3.26. The summed E-state index contributed by atoms with van der Waals surface area (Å²) in [5.74, 6) is -2.23. The van der Waals surface area contributed by atoms with E-state index in [1.54, 1.807) is 6.92 Å². The van der Waals surface area contributed by atoms with Crippen molar-refractivity contribution >= 4 is 17.8 Å². The molecule has 0 aliphatic carbocycles. The van der Waals surface area contributed by atoms with E-state index in [0.29, 0.717) is 19.3 Å². The van der Waals surface area contributed by atoms with Gasteiger partial charge in [0.25, 0.3) is 0 Å². The lowest BCUT2D eigenvalue weighted by Gasteiger charge is -2.37. The molecule has 0 aromatic heterocycles. The second kappa shape index (κ2) is 8.22. The fourth-order valence-corrected chi connectivity index (χ4v) is 5.47. The molecule has 3 aliphatic rings. The number of nitrogens with zero attached hydrogens (tertiary/aromatic N) is 1. The monoisotopic (exact) mass is 410 g/mol. The molecule has 164 valence electrons. The van der Waals surface area contributed by atoms with Crippen molar-refractivity contribution in [1.82, 2.24) is 10.2 Å². The summed E-state index contributed by atoms with van der Waals surface area (Å²) in [5, 5.41) is 13.0. The van der Waals surface area contributed by atoms with Crippen molar-refractivity contribution in [3.05, 3.63) is 0 Å². The van der Waals surface area contributed by atoms with Crippen LogP contribution < -0.4 is 5.32 Å². The van der Waals surface area contributed by atoms with Gasteiger partial charge < -0.3 is 24.8 Å². The molecule has 3 fully saturated rings. The molecule has 8 heteroatoms. The van der Waals surface area contributed by atoms with Gasteiger partial charge in [-0.25, -0.2) is 0 Å². The van der Waals surface area contributed by atoms with Gasteiger partial charge in [-0.3, -0.25) is 14.4 Å². The van der Waals surface area contributed by atoms with Crippen LogP contribution in [-0.4, -0.2) is 70.8 Å². The van der Waals surface area contributed by atoms with E-state index in [0.717, 1.165) is 0 Å². The summed E-state index contributed by atoms with van der Waals surface area (Å²) in [5.41, 5.74) is -1.04. The lowest BCUT2D eigenvalue weighted by molar-refractivity contribution is -0.155. The first-order valence-corrected chi connectivity index (χ1v) is 10.8. The molecule has 0 radical (unpaired) electrons. The van der Waals surface area contributed by atoms with Gasteiger partial charge in [0.05, 0.1) is 37.2 Å². The quantitative estimate of drug-likeness (QED) is 0.575. The van der Waals surface area contributed by atoms with E-state index >= 15 is 0 Å². The number of nitrogens with one attached hydrogen (secondary N) is 1.